The molecule has 86 valence electrons. The maximum absolute atomic E-state index is 11.8. The third-order valence-electron chi connectivity index (χ3n) is 3.29. The van der Waals surface area contributed by atoms with E-state index in [2.05, 4.69) is 20.5 Å². The zero-order valence-corrected chi connectivity index (χ0v) is 9.06. The van der Waals surface area contributed by atoms with Gasteiger partial charge in [-0.3, -0.25) is 10.1 Å². The van der Waals surface area contributed by atoms with E-state index in [0.717, 1.165) is 12.3 Å². The number of nitrogens with zero attached hydrogens (tertiary/aromatic N) is 2. The quantitative estimate of drug-likeness (QED) is 0.789. The number of hydrogen-bond donors (Lipinski definition) is 2. The number of H-pyrrole nitrogens is 1. The Balaban J connectivity index is 1.56. The molecule has 0 aromatic carbocycles. The van der Waals surface area contributed by atoms with E-state index in [0.29, 0.717) is 11.9 Å². The van der Waals surface area contributed by atoms with Crippen molar-refractivity contribution in [2.24, 2.45) is 17.8 Å². The second-order valence-corrected chi connectivity index (χ2v) is 4.50. The number of carbonyl (C=O) groups excluding carboxylic acids is 1. The van der Waals surface area contributed by atoms with Crippen LogP contribution in [0.5, 0.6) is 6.01 Å². The predicted octanol–water partition coefficient (Wildman–Crippen LogP) is 0.798. The van der Waals surface area contributed by atoms with Crippen LogP contribution in [0.1, 0.15) is 19.3 Å². The summed E-state index contributed by atoms with van der Waals surface area (Å²) >= 11 is 0. The molecular weight excluding hydrogens is 208 g/mol. The third kappa shape index (κ3) is 1.75. The van der Waals surface area contributed by atoms with Crippen LogP contribution in [0.4, 0.5) is 5.95 Å². The molecule has 16 heavy (non-hydrogen) atoms. The molecular formula is C10H14N4O2. The van der Waals surface area contributed by atoms with Gasteiger partial charge in [0.15, 0.2) is 0 Å². The van der Waals surface area contributed by atoms with E-state index in [-0.39, 0.29) is 17.8 Å². The van der Waals surface area contributed by atoms with Crippen LogP contribution in [-0.4, -0.2) is 28.2 Å². The van der Waals surface area contributed by atoms with Gasteiger partial charge in [-0.15, -0.1) is 5.10 Å². The Labute approximate surface area is 92.8 Å². The molecule has 0 radical (unpaired) electrons. The van der Waals surface area contributed by atoms with Gasteiger partial charge in [0.25, 0.3) is 0 Å². The molecule has 6 nitrogen and oxygen atoms in total. The van der Waals surface area contributed by atoms with Crippen molar-refractivity contribution < 1.29 is 9.53 Å². The summed E-state index contributed by atoms with van der Waals surface area (Å²) in [5, 5.41) is 9.10. The average Bonchev–Trinajstić information content (AvgIpc) is 3.14. The van der Waals surface area contributed by atoms with E-state index >= 15 is 0 Å². The Morgan fingerprint density at radius 2 is 2.38 bits per heavy atom. The topological polar surface area (TPSA) is 79.9 Å². The Hall–Kier alpha value is -1.59. The number of ether oxygens (including phenoxy) is 1. The lowest BCUT2D eigenvalue weighted by molar-refractivity contribution is -0.117. The van der Waals surface area contributed by atoms with Gasteiger partial charge in [-0.1, -0.05) is 0 Å². The second-order valence-electron chi connectivity index (χ2n) is 4.50. The Morgan fingerprint density at radius 1 is 1.56 bits per heavy atom. The highest BCUT2D eigenvalue weighted by Crippen LogP contribution is 2.54. The molecule has 2 N–H and O–H groups in total. The number of amides is 1. The molecule has 1 heterocycles. The SMILES string of the molecule is COc1n[nH]c(NC(=O)[C@@H]2C[C@H]2C2CC2)n1. The molecule has 2 aliphatic rings. The van der Waals surface area contributed by atoms with Crippen molar-refractivity contribution in [1.82, 2.24) is 15.2 Å². The minimum Gasteiger partial charge on any atom is -0.466 e. The number of nitrogens with one attached hydrogen (secondary N) is 2. The summed E-state index contributed by atoms with van der Waals surface area (Å²) in [6.07, 6.45) is 3.62. The standard InChI is InChI=1S/C10H14N4O2/c1-16-10-12-9(13-14-10)11-8(15)7-4-6(7)5-2-3-5/h5-7H,2-4H2,1H3,(H2,11,12,13,14,15)/t6-,7+/m0/s1. The summed E-state index contributed by atoms with van der Waals surface area (Å²) < 4.78 is 4.82. The van der Waals surface area contributed by atoms with Gasteiger partial charge in [-0.2, -0.15) is 4.98 Å². The van der Waals surface area contributed by atoms with E-state index in [1.54, 1.807) is 0 Å². The lowest BCUT2D eigenvalue weighted by Crippen LogP contribution is -2.16. The maximum Gasteiger partial charge on any atom is 0.336 e. The van der Waals surface area contributed by atoms with Crippen molar-refractivity contribution in [2.75, 3.05) is 12.4 Å². The average molecular weight is 222 g/mol. The zero-order valence-electron chi connectivity index (χ0n) is 9.06. The number of rotatable bonds is 4. The third-order valence-corrected chi connectivity index (χ3v) is 3.29. The molecule has 0 unspecified atom stereocenters. The summed E-state index contributed by atoms with van der Waals surface area (Å²) in [4.78, 5) is 15.7. The first-order chi connectivity index (χ1) is 7.78. The molecule has 1 aromatic heterocycles. The predicted molar refractivity (Wildman–Crippen MR) is 55.9 cm³/mol. The van der Waals surface area contributed by atoms with Gasteiger partial charge >= 0.3 is 6.01 Å². The molecule has 0 aliphatic heterocycles. The molecule has 6 heteroatoms. The number of aromatic nitrogens is 3. The lowest BCUT2D eigenvalue weighted by atomic mass is 10.2. The van der Waals surface area contributed by atoms with Gasteiger partial charge in [0.1, 0.15) is 0 Å². The summed E-state index contributed by atoms with van der Waals surface area (Å²) in [5.74, 6) is 2.02. The minimum absolute atomic E-state index is 0.0516. The lowest BCUT2D eigenvalue weighted by Gasteiger charge is -1.99. The number of anilines is 1. The van der Waals surface area contributed by atoms with Gasteiger partial charge in [0.2, 0.25) is 11.9 Å². The monoisotopic (exact) mass is 222 g/mol. The first-order valence-electron chi connectivity index (χ1n) is 5.55. The number of methoxy groups -OCH3 is 1. The summed E-state index contributed by atoms with van der Waals surface area (Å²) in [5.41, 5.74) is 0. The van der Waals surface area contributed by atoms with E-state index in [1.807, 2.05) is 0 Å². The fourth-order valence-electron chi connectivity index (χ4n) is 2.16. The molecule has 2 saturated carbocycles. The second kappa shape index (κ2) is 3.47. The van der Waals surface area contributed by atoms with E-state index in [9.17, 15) is 4.79 Å². The smallest absolute Gasteiger partial charge is 0.336 e. The molecule has 1 amide bonds. The molecule has 0 saturated heterocycles. The largest absolute Gasteiger partial charge is 0.466 e. The van der Waals surface area contributed by atoms with Crippen LogP contribution in [-0.2, 0) is 4.79 Å². The minimum atomic E-state index is 0.0516. The number of aromatic amines is 1. The first-order valence-corrected chi connectivity index (χ1v) is 5.55. The number of carbonyl (C=O) groups is 1. The van der Waals surface area contributed by atoms with Crippen molar-refractivity contribution in [3.8, 4) is 6.01 Å². The highest BCUT2D eigenvalue weighted by molar-refractivity contribution is 5.93. The van der Waals surface area contributed by atoms with Gasteiger partial charge < -0.3 is 4.74 Å². The summed E-state index contributed by atoms with van der Waals surface area (Å²) in [6, 6.07) is 0.241. The normalized spacial score (nSPS) is 27.6. The highest BCUT2D eigenvalue weighted by Gasteiger charge is 2.51. The first kappa shape index (κ1) is 9.62. The van der Waals surface area contributed by atoms with Crippen LogP contribution in [0.3, 0.4) is 0 Å². The van der Waals surface area contributed by atoms with Gasteiger partial charge in [-0.25, -0.2) is 5.10 Å². The van der Waals surface area contributed by atoms with Crippen molar-refractivity contribution >= 4 is 11.9 Å². The van der Waals surface area contributed by atoms with Gasteiger partial charge in [-0.05, 0) is 31.1 Å². The van der Waals surface area contributed by atoms with Crippen LogP contribution >= 0.6 is 0 Å². The Morgan fingerprint density at radius 3 is 3.00 bits per heavy atom. The highest BCUT2D eigenvalue weighted by atomic mass is 16.5. The molecule has 2 atom stereocenters. The molecule has 2 fully saturated rings. The van der Waals surface area contributed by atoms with Crippen LogP contribution in [0.25, 0.3) is 0 Å². The van der Waals surface area contributed by atoms with Crippen LogP contribution < -0.4 is 10.1 Å². The van der Waals surface area contributed by atoms with E-state index in [1.165, 1.54) is 20.0 Å². The number of hydrogen-bond acceptors (Lipinski definition) is 4. The van der Waals surface area contributed by atoms with Crippen molar-refractivity contribution in [3.63, 3.8) is 0 Å². The van der Waals surface area contributed by atoms with Crippen LogP contribution in [0, 0.1) is 17.8 Å². The van der Waals surface area contributed by atoms with E-state index < -0.39 is 0 Å². The van der Waals surface area contributed by atoms with E-state index in [4.69, 9.17) is 4.74 Å². The van der Waals surface area contributed by atoms with Crippen molar-refractivity contribution in [2.45, 2.75) is 19.3 Å². The zero-order chi connectivity index (χ0) is 11.1. The molecule has 1 aromatic rings. The molecule has 2 aliphatic carbocycles. The summed E-state index contributed by atoms with van der Waals surface area (Å²) in [6.45, 7) is 0. The van der Waals surface area contributed by atoms with Crippen molar-refractivity contribution in [3.05, 3.63) is 0 Å². The molecule has 0 bridgehead atoms. The van der Waals surface area contributed by atoms with Crippen LogP contribution in [0.15, 0.2) is 0 Å². The fourth-order valence-corrected chi connectivity index (χ4v) is 2.16. The van der Waals surface area contributed by atoms with Crippen LogP contribution in [0.2, 0.25) is 0 Å². The van der Waals surface area contributed by atoms with Crippen molar-refractivity contribution in [1.29, 1.82) is 0 Å². The fraction of sp³-hybridized carbons (Fsp3) is 0.700. The summed E-state index contributed by atoms with van der Waals surface area (Å²) in [7, 11) is 1.48. The Bertz CT molecular complexity index is 413. The Kier molecular flexibility index (Phi) is 2.08. The van der Waals surface area contributed by atoms with Gasteiger partial charge in [0.05, 0.1) is 7.11 Å². The maximum atomic E-state index is 11.8. The molecule has 0 spiro atoms. The van der Waals surface area contributed by atoms with Gasteiger partial charge in [0, 0.05) is 5.92 Å². The molecule has 3 rings (SSSR count).